The van der Waals surface area contributed by atoms with Crippen molar-refractivity contribution >= 4 is 129 Å². The summed E-state index contributed by atoms with van der Waals surface area (Å²) in [4.78, 5) is 283. The number of para-hydroxylation sites is 1. The van der Waals surface area contributed by atoms with Crippen molar-refractivity contribution in [3.8, 4) is 5.75 Å². The molecule has 1 aromatic heterocycles. The maximum Gasteiger partial charge on any atom is 0.303 e. The first kappa shape index (κ1) is 118. The number of rotatable bonds is 37. The molecule has 1 aliphatic heterocycles. The van der Waals surface area contributed by atoms with E-state index in [4.69, 9.17) is 11.5 Å². The van der Waals surface area contributed by atoms with Crippen molar-refractivity contribution in [2.75, 3.05) is 6.54 Å². The lowest BCUT2D eigenvalue weighted by Gasteiger charge is -2.34. The molecular weight excluding hydrogens is 1800 g/mol. The number of H-pyrrole nitrogens is 1. The Morgan fingerprint density at radius 3 is 1.55 bits per heavy atom. The summed E-state index contributed by atoms with van der Waals surface area (Å²) < 4.78 is 0. The number of phenols is 1. The van der Waals surface area contributed by atoms with Crippen molar-refractivity contribution in [3.05, 3.63) is 114 Å². The molecule has 17 amide bonds. The van der Waals surface area contributed by atoms with Gasteiger partial charge in [0.05, 0.1) is 24.1 Å². The van der Waals surface area contributed by atoms with Crippen LogP contribution in [-0.4, -0.2) is 247 Å². The maximum atomic E-state index is 15.6. The van der Waals surface area contributed by atoms with Gasteiger partial charge in [0.25, 0.3) is 0 Å². The molecule has 1 aliphatic rings. The number of aromatic amines is 1. The van der Waals surface area contributed by atoms with Crippen molar-refractivity contribution in [1.82, 2.24) is 90.1 Å². The van der Waals surface area contributed by atoms with Crippen LogP contribution in [0.15, 0.2) is 97.2 Å². The van der Waals surface area contributed by atoms with Crippen molar-refractivity contribution < 1.29 is 111 Å². The number of hydrogen-bond donors (Lipinski definition) is 22. The van der Waals surface area contributed by atoms with Gasteiger partial charge in [0.2, 0.25) is 112 Å². The van der Waals surface area contributed by atoms with Gasteiger partial charge in [-0.25, -0.2) is 0 Å². The standard InChI is InChI=1S/C96H141N19O23.CH4/c1-51(2)44-65-50-100-69(38-40-75(97)119)79(123)78(122)53(5)101-88(132)74(48-64-49-99-68-33-27-26-32-67(64)68)110-89(133)72(47-63-34-36-66(118)37-35-63)109-87(131)70(39-41-76(120)121)112-94(138)96(15,115-91(135)73(46-62-30-24-23-25-31-62)111-92(136)77(60(12)116)113-90(134)71(45-52(3)4)108-61(13)117)43-29-22-20-18-16-17-19-21-28-42-95(14,114-86(65)130)93(137)107-59(11)85(129)106-58(10)84(128)105-57(9)83(127)104-56(8)82(126)103-55(7)81(125)102-54(6)80(98)124;/h17,19,23-27,30-37,49,51-60,65,69-74,77,99-100,116,118H,16,18,20-22,28-29,38-48,50H2,1-15H3,(H2,97,119)(H2,98,124)(H,101,132)(H,102,125)(H,103,126)(H,104,127)(H,105,128)(H,106,129)(H,107,137)(H,108,117)(H,109,131)(H,110,133)(H,111,136)(H,112,138)(H,113,134)(H,114,130)(H,115,135)(H,120,121);1H4/b19-17+;/t53-,54-,55?,56-,57?,58-,59?,60+,65+,69-,70-,71-,72?,73-,74-,77-,95-,96+;/m0./s1. The summed E-state index contributed by atoms with van der Waals surface area (Å²) in [6, 6.07) is 0.0791. The number of carbonyl (C=O) groups excluding carboxylic acids is 19. The molecule has 5 rings (SSSR count). The van der Waals surface area contributed by atoms with Crippen LogP contribution in [0.1, 0.15) is 224 Å². The molecule has 18 atom stereocenters. The Morgan fingerprint density at radius 2 is 1.01 bits per heavy atom. The largest absolute Gasteiger partial charge is 0.508 e. The smallest absolute Gasteiger partial charge is 0.303 e. The van der Waals surface area contributed by atoms with Crippen molar-refractivity contribution in [2.45, 2.75) is 329 Å². The summed E-state index contributed by atoms with van der Waals surface area (Å²) in [6.07, 6.45) is 2.87. The third-order valence-corrected chi connectivity index (χ3v) is 23.5. The van der Waals surface area contributed by atoms with E-state index >= 15 is 28.8 Å². The van der Waals surface area contributed by atoms with E-state index in [9.17, 15) is 82.4 Å². The number of benzene rings is 3. The fourth-order valence-electron chi connectivity index (χ4n) is 15.2. The summed E-state index contributed by atoms with van der Waals surface area (Å²) in [7, 11) is 0. The fraction of sp³-hybridized carbons (Fsp3) is 0.567. The molecular formula is C97H145N19O23. The number of carbonyl (C=O) groups is 20. The Morgan fingerprint density at radius 1 is 0.496 bits per heavy atom. The maximum absolute atomic E-state index is 15.6. The normalized spacial score (nSPS) is 21.8. The van der Waals surface area contributed by atoms with Gasteiger partial charge in [0.1, 0.15) is 89.3 Å². The predicted molar refractivity (Wildman–Crippen MR) is 515 cm³/mol. The molecule has 24 N–H and O–H groups in total. The number of primary amides is 2. The van der Waals surface area contributed by atoms with Gasteiger partial charge < -0.3 is 117 Å². The molecule has 42 nitrogen and oxygen atoms in total. The Hall–Kier alpha value is -13.5. The number of Topliss-reactive ketones (excluding diaryl/α,β-unsaturated/α-hetero) is 2. The number of phenolic OH excluding ortho intramolecular Hbond substituents is 1. The number of hydrogen-bond acceptors (Lipinski definition) is 23. The molecule has 139 heavy (non-hydrogen) atoms. The molecule has 0 fully saturated rings. The molecule has 0 spiro atoms. The van der Waals surface area contributed by atoms with E-state index in [1.807, 2.05) is 12.2 Å². The van der Waals surface area contributed by atoms with E-state index < -0.39 is 258 Å². The molecule has 0 bridgehead atoms. The lowest BCUT2D eigenvalue weighted by Crippen LogP contribution is -2.65. The zero-order valence-electron chi connectivity index (χ0n) is 81.2. The summed E-state index contributed by atoms with van der Waals surface area (Å²) >= 11 is 0. The summed E-state index contributed by atoms with van der Waals surface area (Å²) in [5.41, 5.74) is 8.75. The van der Waals surface area contributed by atoms with Gasteiger partial charge in [-0.05, 0) is 180 Å². The fourth-order valence-corrected chi connectivity index (χ4v) is 15.2. The number of allylic oxidation sites excluding steroid dienone is 2. The lowest BCUT2D eigenvalue weighted by molar-refractivity contribution is -0.140. The zero-order valence-corrected chi connectivity index (χ0v) is 81.2. The highest BCUT2D eigenvalue weighted by Crippen LogP contribution is 2.25. The Balaban J connectivity index is 0.0000403. The highest BCUT2D eigenvalue weighted by Gasteiger charge is 2.44. The number of aromatic hydroxyl groups is 1. The van der Waals surface area contributed by atoms with Crippen LogP contribution < -0.4 is 96.5 Å². The minimum absolute atomic E-state index is 0. The summed E-state index contributed by atoms with van der Waals surface area (Å²) in [5, 5.41) is 73.9. The van der Waals surface area contributed by atoms with Crippen molar-refractivity contribution in [3.63, 3.8) is 0 Å². The van der Waals surface area contributed by atoms with Gasteiger partial charge in [-0.1, -0.05) is 127 Å². The van der Waals surface area contributed by atoms with Gasteiger partial charge in [-0.3, -0.25) is 95.9 Å². The number of aliphatic hydroxyl groups is 1. The minimum Gasteiger partial charge on any atom is -0.508 e. The minimum atomic E-state index is -2.08. The highest BCUT2D eigenvalue weighted by molar-refractivity contribution is 6.41. The first-order valence-electron chi connectivity index (χ1n) is 46.7. The number of aliphatic carboxylic acids is 1. The molecule has 0 aliphatic carbocycles. The van der Waals surface area contributed by atoms with Gasteiger partial charge in [-0.15, -0.1) is 0 Å². The number of nitrogens with two attached hydrogens (primary N) is 2. The first-order chi connectivity index (χ1) is 64.8. The van der Waals surface area contributed by atoms with E-state index in [1.165, 1.54) is 100 Å². The Bertz CT molecular complexity index is 4970. The van der Waals surface area contributed by atoms with Crippen LogP contribution in [0.25, 0.3) is 10.9 Å². The molecule has 2 heterocycles. The number of amides is 17. The second kappa shape index (κ2) is 57.0. The van der Waals surface area contributed by atoms with Crippen molar-refractivity contribution in [2.24, 2.45) is 29.2 Å². The quantitative estimate of drug-likeness (QED) is 0.0217. The zero-order chi connectivity index (χ0) is 103. The van der Waals surface area contributed by atoms with Crippen molar-refractivity contribution in [1.29, 1.82) is 0 Å². The van der Waals surface area contributed by atoms with Crippen LogP contribution in [0.4, 0.5) is 0 Å². The number of aliphatic hydroxyl groups excluding tert-OH is 1. The van der Waals surface area contributed by atoms with Gasteiger partial charge in [-0.2, -0.15) is 0 Å². The van der Waals surface area contributed by atoms with E-state index in [0.717, 1.165) is 0 Å². The van der Waals surface area contributed by atoms with Crippen LogP contribution in [0.3, 0.4) is 0 Å². The molecule has 3 aromatic carbocycles. The second-order valence-corrected chi connectivity index (χ2v) is 36.8. The average Bonchev–Trinajstić information content (AvgIpc) is 1.80. The Labute approximate surface area is 810 Å². The molecule has 4 aromatic rings. The van der Waals surface area contributed by atoms with Crippen LogP contribution in [-0.2, 0) is 115 Å². The lowest BCUT2D eigenvalue weighted by atomic mass is 9.89. The summed E-state index contributed by atoms with van der Waals surface area (Å²) in [5.74, 6) is -20.7. The number of carboxylic acids is 1. The van der Waals surface area contributed by atoms with E-state index in [0.29, 0.717) is 59.7 Å². The molecule has 42 heteroatoms. The number of ketones is 2. The highest BCUT2D eigenvalue weighted by atomic mass is 16.4. The van der Waals surface area contributed by atoms with Crippen LogP contribution >= 0.6 is 0 Å². The SMILES string of the molecule is C.CC(=O)N[C@@H](CC(C)C)C(=O)N[C@H](C(=O)N[C@@H](Cc1ccccc1)C(=O)N[C@]1(C)CCCCCC/C=C/CCC[C@@](C)(C(=O)NC(C)C(=O)N[C@@H](C)C(=O)NC(C)C(=O)N[C@@H](C)C(=O)NC(C)C(=O)N[C@@H](C)C(N)=O)NC(=O)[C@H](CC(C)C)CN[C@@H](CCC(N)=O)C(=O)C(=O)[C@H](C)NC(=O)[C@H](Cc2c[nH]c3ccccc23)NC(=O)C(Cc2ccc(O)cc2)NC(=O)[C@H](CCC(=O)O)NC1=O)[C@@H](C)O. The molecule has 766 valence electrons. The number of nitrogens with one attached hydrogen (secondary N) is 17. The average molecular weight is 1950 g/mol. The van der Waals surface area contributed by atoms with E-state index in [2.05, 4.69) is 90.1 Å². The van der Waals surface area contributed by atoms with Gasteiger partial charge in [0.15, 0.2) is 0 Å². The Kier molecular flexibility index (Phi) is 48.3. The first-order valence-corrected chi connectivity index (χ1v) is 46.7. The molecule has 0 radical (unpaired) electrons. The topological polar surface area (TPSA) is 662 Å². The number of fused-ring (bicyclic) bond motifs is 1. The molecule has 0 saturated carbocycles. The molecule has 4 unspecified atom stereocenters. The van der Waals surface area contributed by atoms with Gasteiger partial charge in [0, 0.05) is 62.7 Å². The third kappa shape index (κ3) is 39.5. The van der Waals surface area contributed by atoms with Crippen LogP contribution in [0.5, 0.6) is 5.75 Å². The van der Waals surface area contributed by atoms with E-state index in [1.54, 1.807) is 88.5 Å². The predicted octanol–water partition coefficient (Wildman–Crippen LogP) is 0.631. The third-order valence-electron chi connectivity index (χ3n) is 23.5. The monoisotopic (exact) mass is 1940 g/mol. The van der Waals surface area contributed by atoms with Crippen LogP contribution in [0, 0.1) is 17.8 Å². The molecule has 0 saturated heterocycles. The second-order valence-electron chi connectivity index (χ2n) is 36.8. The summed E-state index contributed by atoms with van der Waals surface area (Å²) in [6.45, 7) is 21.1. The van der Waals surface area contributed by atoms with E-state index in [-0.39, 0.29) is 82.9 Å². The van der Waals surface area contributed by atoms with Gasteiger partial charge >= 0.3 is 5.97 Å². The number of carboxylic acid groups (broad SMARTS) is 1. The van der Waals surface area contributed by atoms with Crippen LogP contribution in [0.2, 0.25) is 0 Å². The number of aromatic nitrogens is 1.